The van der Waals surface area contributed by atoms with Gasteiger partial charge in [-0.15, -0.1) is 0 Å². The summed E-state index contributed by atoms with van der Waals surface area (Å²) in [5, 5.41) is 8.93. The number of Topliss-reactive ketones (excluding diaryl/α,β-unsaturated/α-hetero) is 1. The molecule has 0 saturated carbocycles. The summed E-state index contributed by atoms with van der Waals surface area (Å²) in [6, 6.07) is 6.28. The molecule has 0 aliphatic rings. The van der Waals surface area contributed by atoms with E-state index in [9.17, 15) is 9.18 Å². The van der Waals surface area contributed by atoms with E-state index in [1.165, 1.54) is 12.1 Å². The van der Waals surface area contributed by atoms with Crippen LogP contribution >= 0.6 is 0 Å². The van der Waals surface area contributed by atoms with E-state index in [1.54, 1.807) is 12.1 Å². The number of ketones is 1. The fourth-order valence-corrected chi connectivity index (χ4v) is 1.82. The highest BCUT2D eigenvalue weighted by Gasteiger charge is 2.14. The Bertz CT molecular complexity index is 393. The number of halogens is 1. The molecular formula is C14H20FNO2. The van der Waals surface area contributed by atoms with Crippen LogP contribution < -0.4 is 0 Å². The van der Waals surface area contributed by atoms with Crippen LogP contribution in [0.5, 0.6) is 0 Å². The third-order valence-electron chi connectivity index (χ3n) is 2.92. The Morgan fingerprint density at radius 1 is 1.33 bits per heavy atom. The van der Waals surface area contributed by atoms with Crippen molar-refractivity contribution in [2.45, 2.75) is 26.3 Å². The highest BCUT2D eigenvalue weighted by atomic mass is 19.1. The fraction of sp³-hybridized carbons (Fsp3) is 0.500. The summed E-state index contributed by atoms with van der Waals surface area (Å²) in [6.45, 7) is 5.13. The lowest BCUT2D eigenvalue weighted by molar-refractivity contribution is 0.0940. The van der Waals surface area contributed by atoms with E-state index >= 15 is 0 Å². The summed E-state index contributed by atoms with van der Waals surface area (Å²) < 4.78 is 13.4. The molecule has 3 nitrogen and oxygen atoms in total. The predicted octanol–water partition coefficient (Wildman–Crippen LogP) is 2.10. The Labute approximate surface area is 107 Å². The van der Waals surface area contributed by atoms with Gasteiger partial charge >= 0.3 is 0 Å². The molecule has 1 aromatic carbocycles. The van der Waals surface area contributed by atoms with Crippen LogP contribution in [0, 0.1) is 5.82 Å². The molecule has 0 spiro atoms. The summed E-state index contributed by atoms with van der Waals surface area (Å²) >= 11 is 0. The molecule has 4 heteroatoms. The molecular weight excluding hydrogens is 233 g/mol. The third-order valence-corrected chi connectivity index (χ3v) is 2.92. The SMILES string of the molecule is CC(C)N(CCO)CCC(=O)c1ccccc1F. The molecule has 0 amide bonds. The topological polar surface area (TPSA) is 40.5 Å². The van der Waals surface area contributed by atoms with Gasteiger partial charge in [-0.25, -0.2) is 4.39 Å². The molecule has 0 atom stereocenters. The lowest BCUT2D eigenvalue weighted by atomic mass is 10.1. The first-order valence-electron chi connectivity index (χ1n) is 6.19. The van der Waals surface area contributed by atoms with E-state index in [0.29, 0.717) is 13.1 Å². The number of hydrogen-bond donors (Lipinski definition) is 1. The van der Waals surface area contributed by atoms with Crippen molar-refractivity contribution in [3.05, 3.63) is 35.6 Å². The van der Waals surface area contributed by atoms with E-state index < -0.39 is 5.82 Å². The van der Waals surface area contributed by atoms with E-state index in [1.807, 2.05) is 18.7 Å². The summed E-state index contributed by atoms with van der Waals surface area (Å²) in [5.74, 6) is -0.669. The van der Waals surface area contributed by atoms with E-state index in [-0.39, 0.29) is 30.4 Å². The molecule has 0 saturated heterocycles. The normalized spacial score (nSPS) is 11.2. The number of carbonyl (C=O) groups excluding carboxylic acids is 1. The molecule has 100 valence electrons. The summed E-state index contributed by atoms with van der Waals surface area (Å²) in [4.78, 5) is 13.9. The highest BCUT2D eigenvalue weighted by molar-refractivity contribution is 5.96. The van der Waals surface area contributed by atoms with Crippen LogP contribution in [0.2, 0.25) is 0 Å². The van der Waals surface area contributed by atoms with Crippen molar-refractivity contribution < 1.29 is 14.3 Å². The van der Waals surface area contributed by atoms with Crippen LogP contribution in [0.4, 0.5) is 4.39 Å². The first-order chi connectivity index (χ1) is 8.56. The Morgan fingerprint density at radius 2 is 2.00 bits per heavy atom. The maximum atomic E-state index is 13.4. The van der Waals surface area contributed by atoms with Crippen LogP contribution in [0.3, 0.4) is 0 Å². The molecule has 1 aromatic rings. The van der Waals surface area contributed by atoms with Crippen molar-refractivity contribution in [2.75, 3.05) is 19.7 Å². The monoisotopic (exact) mass is 253 g/mol. The maximum Gasteiger partial charge on any atom is 0.167 e. The minimum atomic E-state index is -0.472. The second-order valence-corrected chi connectivity index (χ2v) is 4.51. The largest absolute Gasteiger partial charge is 0.395 e. The van der Waals surface area contributed by atoms with Crippen LogP contribution in [0.1, 0.15) is 30.6 Å². The summed E-state index contributed by atoms with van der Waals surface area (Å²) in [5.41, 5.74) is 0.144. The number of carbonyl (C=O) groups is 1. The smallest absolute Gasteiger partial charge is 0.167 e. The Kier molecular flexibility index (Phi) is 5.95. The maximum absolute atomic E-state index is 13.4. The molecule has 1 N–H and O–H groups in total. The van der Waals surface area contributed by atoms with E-state index in [4.69, 9.17) is 5.11 Å². The zero-order valence-electron chi connectivity index (χ0n) is 10.9. The van der Waals surface area contributed by atoms with Gasteiger partial charge in [-0.05, 0) is 26.0 Å². The van der Waals surface area contributed by atoms with Gasteiger partial charge in [-0.2, -0.15) is 0 Å². The second kappa shape index (κ2) is 7.24. The first-order valence-corrected chi connectivity index (χ1v) is 6.19. The van der Waals surface area contributed by atoms with Crippen molar-refractivity contribution >= 4 is 5.78 Å². The third kappa shape index (κ3) is 4.20. The fourth-order valence-electron chi connectivity index (χ4n) is 1.82. The Balaban J connectivity index is 2.58. The molecule has 0 aliphatic carbocycles. The highest BCUT2D eigenvalue weighted by Crippen LogP contribution is 2.10. The van der Waals surface area contributed by atoms with Crippen LogP contribution in [0.25, 0.3) is 0 Å². The number of aliphatic hydroxyl groups excluding tert-OH is 1. The van der Waals surface area contributed by atoms with Crippen molar-refractivity contribution in [3.63, 3.8) is 0 Å². The number of hydrogen-bond acceptors (Lipinski definition) is 3. The van der Waals surface area contributed by atoms with Gasteiger partial charge in [0.25, 0.3) is 0 Å². The van der Waals surface area contributed by atoms with Crippen molar-refractivity contribution in [2.24, 2.45) is 0 Å². The lowest BCUT2D eigenvalue weighted by Crippen LogP contribution is -2.35. The lowest BCUT2D eigenvalue weighted by Gasteiger charge is -2.25. The average Bonchev–Trinajstić information content (AvgIpc) is 2.34. The van der Waals surface area contributed by atoms with Crippen molar-refractivity contribution in [1.82, 2.24) is 4.90 Å². The number of nitrogens with zero attached hydrogens (tertiary/aromatic N) is 1. The Morgan fingerprint density at radius 3 is 2.56 bits per heavy atom. The number of rotatable bonds is 7. The molecule has 0 fully saturated rings. The van der Waals surface area contributed by atoms with Gasteiger partial charge in [0.15, 0.2) is 5.78 Å². The number of aliphatic hydroxyl groups is 1. The standard InChI is InChI=1S/C14H20FNO2/c1-11(2)16(9-10-17)8-7-14(18)12-5-3-4-6-13(12)15/h3-6,11,17H,7-10H2,1-2H3. The van der Waals surface area contributed by atoms with Crippen LogP contribution in [0.15, 0.2) is 24.3 Å². The van der Waals surface area contributed by atoms with E-state index in [0.717, 1.165) is 0 Å². The van der Waals surface area contributed by atoms with Gasteiger partial charge in [-0.3, -0.25) is 9.69 Å². The summed E-state index contributed by atoms with van der Waals surface area (Å²) in [7, 11) is 0. The molecule has 1 rings (SSSR count). The van der Waals surface area contributed by atoms with Gasteiger partial charge < -0.3 is 5.11 Å². The molecule has 0 aromatic heterocycles. The van der Waals surface area contributed by atoms with Crippen LogP contribution in [-0.2, 0) is 0 Å². The molecule has 0 bridgehead atoms. The number of benzene rings is 1. The van der Waals surface area contributed by atoms with Crippen LogP contribution in [-0.4, -0.2) is 41.5 Å². The van der Waals surface area contributed by atoms with Gasteiger partial charge in [0.2, 0.25) is 0 Å². The average molecular weight is 253 g/mol. The van der Waals surface area contributed by atoms with Crippen molar-refractivity contribution in [1.29, 1.82) is 0 Å². The van der Waals surface area contributed by atoms with E-state index in [2.05, 4.69) is 0 Å². The molecule has 0 unspecified atom stereocenters. The second-order valence-electron chi connectivity index (χ2n) is 4.51. The van der Waals surface area contributed by atoms with Gasteiger partial charge in [0.1, 0.15) is 5.82 Å². The minimum Gasteiger partial charge on any atom is -0.395 e. The van der Waals surface area contributed by atoms with Gasteiger partial charge in [0, 0.05) is 25.6 Å². The molecule has 18 heavy (non-hydrogen) atoms. The first kappa shape index (κ1) is 14.8. The van der Waals surface area contributed by atoms with Gasteiger partial charge in [-0.1, -0.05) is 12.1 Å². The predicted molar refractivity (Wildman–Crippen MR) is 69.1 cm³/mol. The Hall–Kier alpha value is -1.26. The summed E-state index contributed by atoms with van der Waals surface area (Å²) in [6.07, 6.45) is 0.263. The zero-order chi connectivity index (χ0) is 13.5. The van der Waals surface area contributed by atoms with Gasteiger partial charge in [0.05, 0.1) is 12.2 Å². The minimum absolute atomic E-state index is 0.0616. The molecule has 0 aliphatic heterocycles. The molecule has 0 radical (unpaired) electrons. The quantitative estimate of drug-likeness (QED) is 0.757. The zero-order valence-corrected chi connectivity index (χ0v) is 10.9. The molecule has 0 heterocycles. The van der Waals surface area contributed by atoms with Crippen molar-refractivity contribution in [3.8, 4) is 0 Å².